The Kier molecular flexibility index (Phi) is 4.99. The second-order valence-electron chi connectivity index (χ2n) is 6.45. The SMILES string of the molecule is CC1CCCC(N(C)CCC(C)(C)C(=N)N)C1. The highest BCUT2D eigenvalue weighted by molar-refractivity contribution is 5.82. The molecular weight excluding hydrogens is 210 g/mol. The highest BCUT2D eigenvalue weighted by Gasteiger charge is 2.26. The van der Waals surface area contributed by atoms with Crippen molar-refractivity contribution >= 4 is 5.84 Å². The van der Waals surface area contributed by atoms with Crippen molar-refractivity contribution < 1.29 is 0 Å². The summed E-state index contributed by atoms with van der Waals surface area (Å²) in [5.74, 6) is 1.18. The Hall–Kier alpha value is -0.570. The molecule has 0 spiro atoms. The second-order valence-corrected chi connectivity index (χ2v) is 6.45. The van der Waals surface area contributed by atoms with E-state index in [2.05, 4.69) is 32.7 Å². The lowest BCUT2D eigenvalue weighted by Gasteiger charge is -2.35. The van der Waals surface area contributed by atoms with Crippen molar-refractivity contribution in [2.75, 3.05) is 13.6 Å². The molecule has 2 unspecified atom stereocenters. The van der Waals surface area contributed by atoms with Gasteiger partial charge in [-0.05, 0) is 38.8 Å². The number of hydrogen-bond acceptors (Lipinski definition) is 2. The maximum absolute atomic E-state index is 7.58. The summed E-state index contributed by atoms with van der Waals surface area (Å²) < 4.78 is 0. The summed E-state index contributed by atoms with van der Waals surface area (Å²) >= 11 is 0. The molecule has 0 amide bonds. The number of rotatable bonds is 5. The van der Waals surface area contributed by atoms with Gasteiger partial charge in [-0.15, -0.1) is 0 Å². The Morgan fingerprint density at radius 2 is 2.06 bits per heavy atom. The van der Waals surface area contributed by atoms with Gasteiger partial charge in [0.05, 0.1) is 5.84 Å². The maximum atomic E-state index is 7.58. The average Bonchev–Trinajstić information content (AvgIpc) is 2.25. The normalized spacial score (nSPS) is 26.2. The number of hydrogen-bond donors (Lipinski definition) is 2. The van der Waals surface area contributed by atoms with Crippen molar-refractivity contribution in [3.63, 3.8) is 0 Å². The van der Waals surface area contributed by atoms with Crippen LogP contribution in [0.5, 0.6) is 0 Å². The third-order valence-electron chi connectivity index (χ3n) is 4.35. The van der Waals surface area contributed by atoms with Gasteiger partial charge in [0.2, 0.25) is 0 Å². The molecule has 0 bridgehead atoms. The van der Waals surface area contributed by atoms with E-state index in [0.29, 0.717) is 5.84 Å². The fraction of sp³-hybridized carbons (Fsp3) is 0.929. The van der Waals surface area contributed by atoms with Crippen LogP contribution in [0.2, 0.25) is 0 Å². The van der Waals surface area contributed by atoms with Gasteiger partial charge in [0.15, 0.2) is 0 Å². The zero-order valence-corrected chi connectivity index (χ0v) is 11.9. The molecule has 3 heteroatoms. The fourth-order valence-corrected chi connectivity index (χ4v) is 2.58. The number of nitrogens with one attached hydrogen (secondary N) is 1. The summed E-state index contributed by atoms with van der Waals surface area (Å²) in [5, 5.41) is 7.58. The van der Waals surface area contributed by atoms with Gasteiger partial charge in [0, 0.05) is 11.5 Å². The summed E-state index contributed by atoms with van der Waals surface area (Å²) in [7, 11) is 2.22. The van der Waals surface area contributed by atoms with Crippen molar-refractivity contribution in [3.05, 3.63) is 0 Å². The second kappa shape index (κ2) is 5.85. The third-order valence-corrected chi connectivity index (χ3v) is 4.35. The average molecular weight is 239 g/mol. The molecule has 1 aliphatic rings. The fourth-order valence-electron chi connectivity index (χ4n) is 2.58. The largest absolute Gasteiger partial charge is 0.387 e. The van der Waals surface area contributed by atoms with Crippen molar-refractivity contribution in [2.45, 2.75) is 58.9 Å². The molecule has 0 saturated heterocycles. The molecule has 0 aliphatic heterocycles. The van der Waals surface area contributed by atoms with E-state index in [9.17, 15) is 0 Å². The van der Waals surface area contributed by atoms with Crippen LogP contribution in [0.15, 0.2) is 0 Å². The van der Waals surface area contributed by atoms with E-state index in [0.717, 1.165) is 24.9 Å². The van der Waals surface area contributed by atoms with Gasteiger partial charge in [-0.25, -0.2) is 0 Å². The summed E-state index contributed by atoms with van der Waals surface area (Å²) in [6.45, 7) is 7.53. The van der Waals surface area contributed by atoms with Gasteiger partial charge in [-0.3, -0.25) is 5.41 Å². The van der Waals surface area contributed by atoms with Crippen LogP contribution in [0.1, 0.15) is 52.9 Å². The molecule has 1 fully saturated rings. The molecule has 17 heavy (non-hydrogen) atoms. The summed E-state index contributed by atoms with van der Waals surface area (Å²) in [5.41, 5.74) is 5.46. The Morgan fingerprint density at radius 3 is 2.59 bits per heavy atom. The molecule has 1 saturated carbocycles. The zero-order valence-electron chi connectivity index (χ0n) is 11.9. The van der Waals surface area contributed by atoms with E-state index in [-0.39, 0.29) is 5.41 Å². The highest BCUT2D eigenvalue weighted by Crippen LogP contribution is 2.28. The lowest BCUT2D eigenvalue weighted by atomic mass is 9.85. The lowest BCUT2D eigenvalue weighted by Crippen LogP contribution is -2.40. The van der Waals surface area contributed by atoms with Crippen LogP contribution in [-0.4, -0.2) is 30.4 Å². The molecule has 1 rings (SSSR count). The molecule has 0 radical (unpaired) electrons. The molecule has 3 nitrogen and oxygen atoms in total. The standard InChI is InChI=1S/C14H29N3/c1-11-6-5-7-12(10-11)17(4)9-8-14(2,3)13(15)16/h11-12H,5-10H2,1-4H3,(H3,15,16). The molecular formula is C14H29N3. The number of nitrogens with zero attached hydrogens (tertiary/aromatic N) is 1. The van der Waals surface area contributed by atoms with Crippen molar-refractivity contribution in [2.24, 2.45) is 17.1 Å². The Bertz CT molecular complexity index is 260. The van der Waals surface area contributed by atoms with Crippen LogP contribution in [0.25, 0.3) is 0 Å². The minimum absolute atomic E-state index is 0.158. The Morgan fingerprint density at radius 1 is 1.41 bits per heavy atom. The molecule has 0 aromatic rings. The van der Waals surface area contributed by atoms with Crippen LogP contribution in [0.4, 0.5) is 0 Å². The third kappa shape index (κ3) is 4.30. The van der Waals surface area contributed by atoms with Crippen LogP contribution in [0.3, 0.4) is 0 Å². The Balaban J connectivity index is 2.38. The van der Waals surface area contributed by atoms with E-state index in [1.54, 1.807) is 0 Å². The van der Waals surface area contributed by atoms with Gasteiger partial charge >= 0.3 is 0 Å². The topological polar surface area (TPSA) is 53.1 Å². The van der Waals surface area contributed by atoms with Crippen LogP contribution in [-0.2, 0) is 0 Å². The summed E-state index contributed by atoms with van der Waals surface area (Å²) in [6.07, 6.45) is 6.40. The monoisotopic (exact) mass is 239 g/mol. The van der Waals surface area contributed by atoms with Gasteiger partial charge in [-0.2, -0.15) is 0 Å². The molecule has 100 valence electrons. The molecule has 0 aromatic carbocycles. The van der Waals surface area contributed by atoms with E-state index in [1.165, 1.54) is 25.7 Å². The smallest absolute Gasteiger partial charge is 0.0963 e. The van der Waals surface area contributed by atoms with Crippen molar-refractivity contribution in [1.29, 1.82) is 5.41 Å². The van der Waals surface area contributed by atoms with E-state index < -0.39 is 0 Å². The quantitative estimate of drug-likeness (QED) is 0.572. The van der Waals surface area contributed by atoms with Crippen LogP contribution < -0.4 is 5.73 Å². The first kappa shape index (κ1) is 14.5. The molecule has 1 aliphatic carbocycles. The predicted octanol–water partition coefficient (Wildman–Crippen LogP) is 2.85. The lowest BCUT2D eigenvalue weighted by molar-refractivity contribution is 0.153. The molecule has 3 N–H and O–H groups in total. The van der Waals surface area contributed by atoms with Crippen molar-refractivity contribution in [3.8, 4) is 0 Å². The maximum Gasteiger partial charge on any atom is 0.0963 e. The molecule has 0 heterocycles. The van der Waals surface area contributed by atoms with Gasteiger partial charge < -0.3 is 10.6 Å². The van der Waals surface area contributed by atoms with Crippen LogP contribution >= 0.6 is 0 Å². The predicted molar refractivity (Wildman–Crippen MR) is 74.4 cm³/mol. The van der Waals surface area contributed by atoms with Crippen LogP contribution in [0, 0.1) is 16.7 Å². The zero-order chi connectivity index (χ0) is 13.1. The first-order valence-electron chi connectivity index (χ1n) is 6.87. The first-order chi connectivity index (χ1) is 7.83. The summed E-state index contributed by atoms with van der Waals surface area (Å²) in [6, 6.07) is 0.738. The van der Waals surface area contributed by atoms with Gasteiger partial charge in [0.25, 0.3) is 0 Å². The highest BCUT2D eigenvalue weighted by atomic mass is 15.1. The van der Waals surface area contributed by atoms with E-state index in [1.807, 2.05) is 0 Å². The minimum Gasteiger partial charge on any atom is -0.387 e. The summed E-state index contributed by atoms with van der Waals surface area (Å²) in [4.78, 5) is 2.47. The number of nitrogens with two attached hydrogens (primary N) is 1. The van der Waals surface area contributed by atoms with E-state index >= 15 is 0 Å². The van der Waals surface area contributed by atoms with E-state index in [4.69, 9.17) is 11.1 Å². The van der Waals surface area contributed by atoms with Gasteiger partial charge in [-0.1, -0.05) is 33.6 Å². The van der Waals surface area contributed by atoms with Gasteiger partial charge in [0.1, 0.15) is 0 Å². The Labute approximate surface area is 106 Å². The minimum atomic E-state index is -0.158. The molecule has 0 aromatic heterocycles. The van der Waals surface area contributed by atoms with Crippen molar-refractivity contribution in [1.82, 2.24) is 4.90 Å². The molecule has 2 atom stereocenters. The first-order valence-corrected chi connectivity index (χ1v) is 6.87. The number of amidine groups is 1.